The molecule has 0 aliphatic heterocycles. The highest BCUT2D eigenvalue weighted by molar-refractivity contribution is 9.10. The molecule has 0 N–H and O–H groups in total. The van der Waals surface area contributed by atoms with E-state index >= 15 is 0 Å². The maximum Gasteiger partial charge on any atom is 0.124 e. The standard InChI is InChI=1S/C11H9BrClNOS/c1-15-8-2-3-10(12)9(4-8)11-14-7(5-13)6-16-11/h2-4,6H,5H2,1H3. The molecule has 1 heterocycles. The van der Waals surface area contributed by atoms with Crippen molar-refractivity contribution in [2.75, 3.05) is 7.11 Å². The molecule has 0 spiro atoms. The number of halogens is 2. The van der Waals surface area contributed by atoms with Crippen molar-refractivity contribution in [2.45, 2.75) is 5.88 Å². The lowest BCUT2D eigenvalue weighted by molar-refractivity contribution is 0.415. The molecule has 0 saturated carbocycles. The average molecular weight is 319 g/mol. The normalized spacial score (nSPS) is 10.4. The summed E-state index contributed by atoms with van der Waals surface area (Å²) in [6, 6.07) is 5.82. The van der Waals surface area contributed by atoms with Crippen molar-refractivity contribution in [3.63, 3.8) is 0 Å². The van der Waals surface area contributed by atoms with Gasteiger partial charge < -0.3 is 4.74 Å². The summed E-state index contributed by atoms with van der Waals surface area (Å²) in [4.78, 5) is 4.44. The zero-order chi connectivity index (χ0) is 11.5. The molecule has 0 amide bonds. The fraction of sp³-hybridized carbons (Fsp3) is 0.182. The van der Waals surface area contributed by atoms with Crippen LogP contribution >= 0.6 is 38.9 Å². The van der Waals surface area contributed by atoms with E-state index in [0.717, 1.165) is 26.5 Å². The van der Waals surface area contributed by atoms with Crippen LogP contribution in [0, 0.1) is 0 Å². The van der Waals surface area contributed by atoms with Gasteiger partial charge in [-0.1, -0.05) is 15.9 Å². The molecule has 16 heavy (non-hydrogen) atoms. The lowest BCUT2D eigenvalue weighted by atomic mass is 10.2. The van der Waals surface area contributed by atoms with Crippen molar-refractivity contribution in [3.8, 4) is 16.3 Å². The van der Waals surface area contributed by atoms with Gasteiger partial charge in [0.1, 0.15) is 10.8 Å². The topological polar surface area (TPSA) is 22.1 Å². The third kappa shape index (κ3) is 2.39. The van der Waals surface area contributed by atoms with Gasteiger partial charge in [-0.15, -0.1) is 22.9 Å². The van der Waals surface area contributed by atoms with Crippen LogP contribution in [0.25, 0.3) is 10.6 Å². The summed E-state index contributed by atoms with van der Waals surface area (Å²) in [7, 11) is 1.65. The molecule has 5 heteroatoms. The van der Waals surface area contributed by atoms with E-state index in [1.807, 2.05) is 23.6 Å². The quantitative estimate of drug-likeness (QED) is 0.786. The van der Waals surface area contributed by atoms with Crippen molar-refractivity contribution in [1.82, 2.24) is 4.98 Å². The molecule has 2 rings (SSSR count). The Labute approximate surface area is 111 Å². The Bertz CT molecular complexity index is 500. The molecule has 0 radical (unpaired) electrons. The minimum absolute atomic E-state index is 0.443. The molecule has 0 saturated heterocycles. The highest BCUT2D eigenvalue weighted by atomic mass is 79.9. The number of hydrogen-bond acceptors (Lipinski definition) is 3. The lowest BCUT2D eigenvalue weighted by Crippen LogP contribution is -1.85. The fourth-order valence-electron chi connectivity index (χ4n) is 1.29. The maximum absolute atomic E-state index is 5.73. The number of benzene rings is 1. The van der Waals surface area contributed by atoms with Crippen LogP contribution in [0.3, 0.4) is 0 Å². The van der Waals surface area contributed by atoms with E-state index in [4.69, 9.17) is 16.3 Å². The summed E-state index contributed by atoms with van der Waals surface area (Å²) < 4.78 is 6.20. The zero-order valence-electron chi connectivity index (χ0n) is 8.54. The van der Waals surface area contributed by atoms with E-state index in [1.54, 1.807) is 18.4 Å². The van der Waals surface area contributed by atoms with Crippen molar-refractivity contribution in [2.24, 2.45) is 0 Å². The van der Waals surface area contributed by atoms with E-state index in [0.29, 0.717) is 5.88 Å². The summed E-state index contributed by atoms with van der Waals surface area (Å²) in [5.74, 6) is 1.26. The number of alkyl halides is 1. The second-order valence-corrected chi connectivity index (χ2v) is 5.10. The molecule has 0 atom stereocenters. The van der Waals surface area contributed by atoms with Crippen LogP contribution in [0.2, 0.25) is 0 Å². The number of aromatic nitrogens is 1. The van der Waals surface area contributed by atoms with Gasteiger partial charge in [-0.2, -0.15) is 0 Å². The third-order valence-corrected chi connectivity index (χ3v) is 3.98. The molecular weight excluding hydrogens is 310 g/mol. The molecule has 2 nitrogen and oxygen atoms in total. The van der Waals surface area contributed by atoms with Crippen LogP contribution in [-0.2, 0) is 5.88 Å². The van der Waals surface area contributed by atoms with Crippen LogP contribution in [0.1, 0.15) is 5.69 Å². The van der Waals surface area contributed by atoms with Gasteiger partial charge in [-0.05, 0) is 18.2 Å². The van der Waals surface area contributed by atoms with Crippen molar-refractivity contribution < 1.29 is 4.74 Å². The lowest BCUT2D eigenvalue weighted by Gasteiger charge is -2.04. The van der Waals surface area contributed by atoms with Gasteiger partial charge in [0, 0.05) is 15.4 Å². The van der Waals surface area contributed by atoms with Gasteiger partial charge in [-0.25, -0.2) is 4.98 Å². The Balaban J connectivity index is 2.45. The molecule has 1 aromatic carbocycles. The average Bonchev–Trinajstić information content (AvgIpc) is 2.78. The van der Waals surface area contributed by atoms with Crippen LogP contribution in [0.5, 0.6) is 5.75 Å². The van der Waals surface area contributed by atoms with E-state index in [9.17, 15) is 0 Å². The number of rotatable bonds is 3. The Morgan fingerprint density at radius 2 is 2.31 bits per heavy atom. The Kier molecular flexibility index (Phi) is 3.84. The number of nitrogens with zero attached hydrogens (tertiary/aromatic N) is 1. The van der Waals surface area contributed by atoms with Crippen molar-refractivity contribution in [1.29, 1.82) is 0 Å². The molecule has 2 aromatic rings. The molecule has 0 unspecified atom stereocenters. The van der Waals surface area contributed by atoms with E-state index < -0.39 is 0 Å². The van der Waals surface area contributed by atoms with Gasteiger partial charge in [0.15, 0.2) is 0 Å². The molecule has 0 bridgehead atoms. The molecule has 0 aliphatic carbocycles. The first-order valence-corrected chi connectivity index (χ1v) is 6.79. The first kappa shape index (κ1) is 11.9. The summed E-state index contributed by atoms with van der Waals surface area (Å²) in [6.45, 7) is 0. The Hall–Kier alpha value is -0.580. The summed E-state index contributed by atoms with van der Waals surface area (Å²) in [5.41, 5.74) is 1.93. The van der Waals surface area contributed by atoms with Gasteiger partial charge >= 0.3 is 0 Å². The molecule has 84 valence electrons. The maximum atomic E-state index is 5.73. The zero-order valence-corrected chi connectivity index (χ0v) is 11.7. The Morgan fingerprint density at radius 1 is 1.50 bits per heavy atom. The largest absolute Gasteiger partial charge is 0.497 e. The highest BCUT2D eigenvalue weighted by Gasteiger charge is 2.09. The summed E-state index contributed by atoms with van der Waals surface area (Å²) >= 11 is 10.8. The minimum Gasteiger partial charge on any atom is -0.497 e. The molecule has 0 fully saturated rings. The second-order valence-electron chi connectivity index (χ2n) is 3.12. The molecule has 1 aromatic heterocycles. The van der Waals surface area contributed by atoms with E-state index in [1.165, 1.54) is 0 Å². The van der Waals surface area contributed by atoms with Crippen LogP contribution < -0.4 is 4.74 Å². The first-order chi connectivity index (χ1) is 7.74. The van der Waals surface area contributed by atoms with Crippen molar-refractivity contribution >= 4 is 38.9 Å². The number of ether oxygens (including phenoxy) is 1. The smallest absolute Gasteiger partial charge is 0.124 e. The SMILES string of the molecule is COc1ccc(Br)c(-c2nc(CCl)cs2)c1. The number of hydrogen-bond donors (Lipinski definition) is 0. The molecular formula is C11H9BrClNOS. The van der Waals surface area contributed by atoms with E-state index in [2.05, 4.69) is 20.9 Å². The van der Waals surface area contributed by atoms with Crippen molar-refractivity contribution in [3.05, 3.63) is 33.7 Å². The van der Waals surface area contributed by atoms with Gasteiger partial charge in [0.2, 0.25) is 0 Å². The van der Waals surface area contributed by atoms with Gasteiger partial charge in [-0.3, -0.25) is 0 Å². The minimum atomic E-state index is 0.443. The monoisotopic (exact) mass is 317 g/mol. The highest BCUT2D eigenvalue weighted by Crippen LogP contribution is 2.33. The van der Waals surface area contributed by atoms with Crippen LogP contribution in [0.4, 0.5) is 0 Å². The fourth-order valence-corrected chi connectivity index (χ4v) is 2.93. The van der Waals surface area contributed by atoms with Gasteiger partial charge in [0.05, 0.1) is 18.7 Å². The number of thiazole rings is 1. The summed E-state index contributed by atoms with van der Waals surface area (Å²) in [6.07, 6.45) is 0. The third-order valence-electron chi connectivity index (χ3n) is 2.09. The Morgan fingerprint density at radius 3 is 2.94 bits per heavy atom. The van der Waals surface area contributed by atoms with Crippen LogP contribution in [0.15, 0.2) is 28.1 Å². The predicted molar refractivity (Wildman–Crippen MR) is 71.4 cm³/mol. The van der Waals surface area contributed by atoms with E-state index in [-0.39, 0.29) is 0 Å². The molecule has 0 aliphatic rings. The van der Waals surface area contributed by atoms with Gasteiger partial charge in [0.25, 0.3) is 0 Å². The predicted octanol–water partition coefficient (Wildman–Crippen LogP) is 4.32. The van der Waals surface area contributed by atoms with Crippen LogP contribution in [-0.4, -0.2) is 12.1 Å². The number of methoxy groups -OCH3 is 1. The first-order valence-electron chi connectivity index (χ1n) is 4.59. The second kappa shape index (κ2) is 5.17. The summed E-state index contributed by atoms with van der Waals surface area (Å²) in [5, 5.41) is 2.91.